The summed E-state index contributed by atoms with van der Waals surface area (Å²) in [5, 5.41) is 8.32. The maximum atomic E-state index is 5.25. The fourth-order valence-electron chi connectivity index (χ4n) is 2.35. The lowest BCUT2D eigenvalue weighted by Crippen LogP contribution is -2.04. The molecule has 0 amide bonds. The van der Waals surface area contributed by atoms with Gasteiger partial charge in [-0.3, -0.25) is 0 Å². The molecule has 0 saturated heterocycles. The molecule has 0 aliphatic carbocycles. The summed E-state index contributed by atoms with van der Waals surface area (Å²) in [5.41, 5.74) is 2.46. The van der Waals surface area contributed by atoms with Crippen LogP contribution in [0.2, 0.25) is 0 Å². The molecule has 2 aromatic heterocycles. The Labute approximate surface area is 117 Å². The Hall–Kier alpha value is -2.14. The molecule has 0 atom stereocenters. The van der Waals surface area contributed by atoms with E-state index in [2.05, 4.69) is 50.5 Å². The van der Waals surface area contributed by atoms with E-state index in [1.54, 1.807) is 0 Å². The van der Waals surface area contributed by atoms with E-state index in [4.69, 9.17) is 4.52 Å². The molecule has 0 aliphatic heterocycles. The second-order valence-electron chi connectivity index (χ2n) is 4.83. The minimum atomic E-state index is 0.613. The molecule has 104 valence electrons. The van der Waals surface area contributed by atoms with Crippen molar-refractivity contribution in [2.24, 2.45) is 0 Å². The highest BCUT2D eigenvalue weighted by Gasteiger charge is 2.08. The molecule has 3 rings (SSSR count). The molecule has 5 heteroatoms. The van der Waals surface area contributed by atoms with Crippen LogP contribution in [0.4, 0.5) is 0 Å². The monoisotopic (exact) mass is 270 g/mol. The molecule has 1 aromatic carbocycles. The van der Waals surface area contributed by atoms with E-state index in [9.17, 15) is 0 Å². The third-order valence-corrected chi connectivity index (χ3v) is 3.35. The van der Waals surface area contributed by atoms with Crippen LogP contribution in [0.1, 0.15) is 24.2 Å². The van der Waals surface area contributed by atoms with Crippen LogP contribution in [0.15, 0.2) is 35.0 Å². The third-order valence-electron chi connectivity index (χ3n) is 3.35. The van der Waals surface area contributed by atoms with Gasteiger partial charge in [-0.2, -0.15) is 4.98 Å². The lowest BCUT2D eigenvalue weighted by Gasteiger charge is -2.03. The number of hydrogen-bond donors (Lipinski definition) is 1. The van der Waals surface area contributed by atoms with E-state index in [1.807, 2.05) is 14.0 Å². The van der Waals surface area contributed by atoms with Gasteiger partial charge in [-0.1, -0.05) is 18.1 Å². The maximum absolute atomic E-state index is 5.25. The molecule has 5 nitrogen and oxygen atoms in total. The average Bonchev–Trinajstić information content (AvgIpc) is 3.07. The summed E-state index contributed by atoms with van der Waals surface area (Å²) >= 11 is 0. The van der Waals surface area contributed by atoms with Crippen LogP contribution in [0.5, 0.6) is 0 Å². The number of rotatable bonds is 5. The number of benzene rings is 1. The first-order valence-corrected chi connectivity index (χ1v) is 6.84. The number of aromatic nitrogens is 3. The van der Waals surface area contributed by atoms with Crippen LogP contribution in [-0.2, 0) is 19.5 Å². The molecule has 0 saturated carbocycles. The number of aryl methyl sites for hydroxylation is 1. The van der Waals surface area contributed by atoms with Gasteiger partial charge in [0, 0.05) is 24.7 Å². The maximum Gasteiger partial charge on any atom is 0.246 e. The Bertz CT molecular complexity index is 714. The summed E-state index contributed by atoms with van der Waals surface area (Å²) in [7, 11) is 1.95. The average molecular weight is 270 g/mol. The smallest absolute Gasteiger partial charge is 0.246 e. The van der Waals surface area contributed by atoms with Crippen LogP contribution >= 0.6 is 0 Å². The van der Waals surface area contributed by atoms with Crippen LogP contribution in [0.25, 0.3) is 10.9 Å². The Morgan fingerprint density at radius 1 is 1.30 bits per heavy atom. The minimum Gasteiger partial charge on any atom is -0.338 e. The topological polar surface area (TPSA) is 55.9 Å². The molecule has 0 unspecified atom stereocenters. The Balaban J connectivity index is 1.88. The van der Waals surface area contributed by atoms with Crippen molar-refractivity contribution >= 4 is 10.9 Å². The standard InChI is InChI=1S/C15H18N4O/c1-3-14-17-15(20-18-14)10-19-7-6-12-8-11(9-16-2)4-5-13(12)19/h4-8,16H,3,9-10H2,1-2H3. The van der Waals surface area contributed by atoms with E-state index in [-0.39, 0.29) is 0 Å². The number of nitrogens with one attached hydrogen (secondary N) is 1. The summed E-state index contributed by atoms with van der Waals surface area (Å²) in [5.74, 6) is 1.41. The van der Waals surface area contributed by atoms with E-state index in [0.29, 0.717) is 12.4 Å². The van der Waals surface area contributed by atoms with Gasteiger partial charge in [-0.05, 0) is 36.2 Å². The Morgan fingerprint density at radius 2 is 2.20 bits per heavy atom. The molecular weight excluding hydrogens is 252 g/mol. The summed E-state index contributed by atoms with van der Waals surface area (Å²) in [4.78, 5) is 4.35. The highest BCUT2D eigenvalue weighted by Crippen LogP contribution is 2.18. The van der Waals surface area contributed by atoms with Gasteiger partial charge in [-0.25, -0.2) is 0 Å². The van der Waals surface area contributed by atoms with Crippen molar-refractivity contribution in [1.82, 2.24) is 20.0 Å². The fourth-order valence-corrected chi connectivity index (χ4v) is 2.35. The van der Waals surface area contributed by atoms with Gasteiger partial charge >= 0.3 is 0 Å². The van der Waals surface area contributed by atoms with Crippen LogP contribution < -0.4 is 5.32 Å². The van der Waals surface area contributed by atoms with Crippen LogP contribution in [0.3, 0.4) is 0 Å². The molecule has 0 aliphatic rings. The van der Waals surface area contributed by atoms with Crippen LogP contribution in [0, 0.1) is 0 Å². The molecular formula is C15H18N4O. The van der Waals surface area contributed by atoms with Crippen molar-refractivity contribution in [3.8, 4) is 0 Å². The number of hydrogen-bond acceptors (Lipinski definition) is 4. The zero-order valence-electron chi connectivity index (χ0n) is 11.8. The van der Waals surface area contributed by atoms with Gasteiger partial charge < -0.3 is 14.4 Å². The van der Waals surface area contributed by atoms with Gasteiger partial charge in [0.05, 0.1) is 0 Å². The first-order chi connectivity index (χ1) is 9.80. The SMILES string of the molecule is CCc1noc(Cn2ccc3cc(CNC)ccc32)n1. The van der Waals surface area contributed by atoms with Gasteiger partial charge in [-0.15, -0.1) is 0 Å². The molecule has 2 heterocycles. The lowest BCUT2D eigenvalue weighted by molar-refractivity contribution is 0.368. The van der Waals surface area contributed by atoms with Gasteiger partial charge in [0.1, 0.15) is 6.54 Å². The first kappa shape index (κ1) is 12.9. The van der Waals surface area contributed by atoms with E-state index >= 15 is 0 Å². The van der Waals surface area contributed by atoms with Gasteiger partial charge in [0.2, 0.25) is 5.89 Å². The highest BCUT2D eigenvalue weighted by atomic mass is 16.5. The van der Waals surface area contributed by atoms with Crippen molar-refractivity contribution in [3.63, 3.8) is 0 Å². The number of fused-ring (bicyclic) bond motifs is 1. The summed E-state index contributed by atoms with van der Waals surface area (Å²) in [6.45, 7) is 3.51. The molecule has 0 spiro atoms. The highest BCUT2D eigenvalue weighted by molar-refractivity contribution is 5.80. The van der Waals surface area contributed by atoms with E-state index in [1.165, 1.54) is 16.5 Å². The number of nitrogens with zero attached hydrogens (tertiary/aromatic N) is 3. The van der Waals surface area contributed by atoms with Crippen molar-refractivity contribution in [2.75, 3.05) is 7.05 Å². The van der Waals surface area contributed by atoms with Crippen LogP contribution in [-0.4, -0.2) is 21.8 Å². The van der Waals surface area contributed by atoms with Gasteiger partial charge in [0.15, 0.2) is 5.82 Å². The molecule has 1 N–H and O–H groups in total. The predicted molar refractivity (Wildman–Crippen MR) is 77.5 cm³/mol. The second kappa shape index (κ2) is 5.46. The van der Waals surface area contributed by atoms with Crippen molar-refractivity contribution in [1.29, 1.82) is 0 Å². The zero-order valence-corrected chi connectivity index (χ0v) is 11.8. The van der Waals surface area contributed by atoms with E-state index < -0.39 is 0 Å². The van der Waals surface area contributed by atoms with Crippen molar-refractivity contribution < 1.29 is 4.52 Å². The second-order valence-corrected chi connectivity index (χ2v) is 4.83. The van der Waals surface area contributed by atoms with Gasteiger partial charge in [0.25, 0.3) is 0 Å². The first-order valence-electron chi connectivity index (χ1n) is 6.84. The van der Waals surface area contributed by atoms with E-state index in [0.717, 1.165) is 18.8 Å². The summed E-state index contributed by atoms with van der Waals surface area (Å²) in [6, 6.07) is 8.60. The Morgan fingerprint density at radius 3 is 2.95 bits per heavy atom. The predicted octanol–water partition coefficient (Wildman–Crippen LogP) is 2.35. The normalized spacial score (nSPS) is 11.3. The largest absolute Gasteiger partial charge is 0.338 e. The fraction of sp³-hybridized carbons (Fsp3) is 0.333. The zero-order chi connectivity index (χ0) is 13.9. The molecule has 0 bridgehead atoms. The molecule has 20 heavy (non-hydrogen) atoms. The summed E-state index contributed by atoms with van der Waals surface area (Å²) in [6.07, 6.45) is 2.85. The molecule has 0 radical (unpaired) electrons. The lowest BCUT2D eigenvalue weighted by atomic mass is 10.1. The minimum absolute atomic E-state index is 0.613. The third kappa shape index (κ3) is 2.44. The van der Waals surface area contributed by atoms with Crippen molar-refractivity contribution in [3.05, 3.63) is 47.7 Å². The molecule has 0 fully saturated rings. The van der Waals surface area contributed by atoms with Crippen molar-refractivity contribution in [2.45, 2.75) is 26.4 Å². The quantitative estimate of drug-likeness (QED) is 0.773. The Kier molecular flexibility index (Phi) is 3.52. The molecule has 3 aromatic rings. The summed E-state index contributed by atoms with van der Waals surface area (Å²) < 4.78 is 7.38.